The van der Waals surface area contributed by atoms with E-state index in [0.717, 1.165) is 12.2 Å². The Kier molecular flexibility index (Phi) is 4.65. The third-order valence-electron chi connectivity index (χ3n) is 2.65. The first-order valence-corrected chi connectivity index (χ1v) is 9.50. The maximum Gasteiger partial charge on any atom is 0.184 e. The normalized spacial score (nSPS) is 20.5. The van der Waals surface area contributed by atoms with Crippen LogP contribution in [0.2, 0.25) is 5.02 Å². The van der Waals surface area contributed by atoms with Crippen molar-refractivity contribution in [2.24, 2.45) is 10.2 Å². The Morgan fingerprint density at radius 1 is 1.26 bits per heavy atom. The molecule has 0 spiro atoms. The maximum absolute atomic E-state index is 12.3. The molecule has 0 fully saturated rings. The first kappa shape index (κ1) is 14.6. The van der Waals surface area contributed by atoms with Crippen LogP contribution in [-0.4, -0.2) is 30.5 Å². The fraction of sp³-hybridized carbons (Fsp3) is 0.333. The van der Waals surface area contributed by atoms with Crippen LogP contribution in [0.25, 0.3) is 0 Å². The van der Waals surface area contributed by atoms with Crippen molar-refractivity contribution in [2.45, 2.75) is 18.2 Å². The highest BCUT2D eigenvalue weighted by molar-refractivity contribution is 8.40. The fourth-order valence-electron chi connectivity index (χ4n) is 1.71. The Balaban J connectivity index is 2.16. The van der Waals surface area contributed by atoms with E-state index in [-0.39, 0.29) is 10.6 Å². The number of thiol groups is 1. The molecule has 0 aromatic heterocycles. The summed E-state index contributed by atoms with van der Waals surface area (Å²) in [6.45, 7) is 2.07. The van der Waals surface area contributed by atoms with E-state index in [0.29, 0.717) is 10.1 Å². The van der Waals surface area contributed by atoms with Crippen molar-refractivity contribution in [1.82, 2.24) is 0 Å². The number of rotatable bonds is 5. The predicted molar refractivity (Wildman–Crippen MR) is 83.6 cm³/mol. The van der Waals surface area contributed by atoms with Crippen LogP contribution < -0.4 is 0 Å². The average Bonchev–Trinajstić information content (AvgIpc) is 2.77. The predicted octanol–water partition coefficient (Wildman–Crippen LogP) is 2.88. The Morgan fingerprint density at radius 2 is 1.95 bits per heavy atom. The molecule has 1 atom stereocenters. The molecule has 104 valence electrons. The van der Waals surface area contributed by atoms with E-state index in [9.17, 15) is 8.42 Å². The summed E-state index contributed by atoms with van der Waals surface area (Å²) in [4.78, 5) is 0.276. The summed E-state index contributed by atoms with van der Waals surface area (Å²) in [5, 5.41) is 9.05. The van der Waals surface area contributed by atoms with Crippen LogP contribution >= 0.6 is 22.5 Å². The van der Waals surface area contributed by atoms with Gasteiger partial charge >= 0.3 is 0 Å². The SMILES string of the molecule is CCC[SH]1C=NN=C1CS(=O)(=O)c1ccc(Cl)cc1. The van der Waals surface area contributed by atoms with Crippen molar-refractivity contribution in [3.8, 4) is 0 Å². The molecule has 2 rings (SSSR count). The van der Waals surface area contributed by atoms with E-state index in [1.54, 1.807) is 17.7 Å². The molecule has 0 bridgehead atoms. The third-order valence-corrected chi connectivity index (χ3v) is 6.98. The third kappa shape index (κ3) is 3.58. The van der Waals surface area contributed by atoms with Crippen LogP contribution in [0.15, 0.2) is 39.4 Å². The molecule has 0 radical (unpaired) electrons. The van der Waals surface area contributed by atoms with Crippen LogP contribution in [0.5, 0.6) is 0 Å². The Morgan fingerprint density at radius 3 is 2.58 bits per heavy atom. The van der Waals surface area contributed by atoms with E-state index < -0.39 is 20.7 Å². The largest absolute Gasteiger partial charge is 0.223 e. The van der Waals surface area contributed by atoms with Gasteiger partial charge in [0.05, 0.1) is 15.5 Å². The summed E-state index contributed by atoms with van der Waals surface area (Å²) >= 11 is 5.76. The minimum absolute atomic E-state index is 0.0552. The highest BCUT2D eigenvalue weighted by Crippen LogP contribution is 2.31. The highest BCUT2D eigenvalue weighted by atomic mass is 35.5. The zero-order valence-electron chi connectivity index (χ0n) is 10.5. The summed E-state index contributed by atoms with van der Waals surface area (Å²) in [5.74, 6) is 0.883. The number of halogens is 1. The van der Waals surface area contributed by atoms with E-state index >= 15 is 0 Å². The number of sulfone groups is 1. The van der Waals surface area contributed by atoms with Gasteiger partial charge in [-0.2, -0.15) is 16.0 Å². The van der Waals surface area contributed by atoms with E-state index in [4.69, 9.17) is 11.6 Å². The first-order chi connectivity index (χ1) is 9.03. The van der Waals surface area contributed by atoms with Gasteiger partial charge in [0.25, 0.3) is 0 Å². The van der Waals surface area contributed by atoms with E-state index in [1.165, 1.54) is 12.1 Å². The lowest BCUT2D eigenvalue weighted by atomic mass is 10.4. The lowest BCUT2D eigenvalue weighted by Gasteiger charge is -2.13. The molecule has 1 aromatic carbocycles. The number of nitrogens with zero attached hydrogens (tertiary/aromatic N) is 2. The minimum atomic E-state index is -3.36. The molecule has 1 aliphatic rings. The summed E-state index contributed by atoms with van der Waals surface area (Å²) < 4.78 is 24.6. The van der Waals surface area contributed by atoms with Gasteiger partial charge in [-0.1, -0.05) is 18.5 Å². The van der Waals surface area contributed by atoms with Crippen molar-refractivity contribution in [2.75, 3.05) is 11.5 Å². The molecule has 0 saturated heterocycles. The Hall–Kier alpha value is -0.850. The monoisotopic (exact) mass is 318 g/mol. The number of hydrogen-bond donors (Lipinski definition) is 1. The molecule has 4 nitrogen and oxygen atoms in total. The molecule has 1 aliphatic heterocycles. The van der Waals surface area contributed by atoms with Crippen LogP contribution in [0.1, 0.15) is 13.3 Å². The van der Waals surface area contributed by atoms with Gasteiger partial charge in [-0.15, -0.1) is 5.10 Å². The van der Waals surface area contributed by atoms with Gasteiger partial charge in [-0.3, -0.25) is 0 Å². The van der Waals surface area contributed by atoms with Gasteiger partial charge in [0.1, 0.15) is 5.75 Å². The van der Waals surface area contributed by atoms with Crippen LogP contribution in [0.3, 0.4) is 0 Å². The molecule has 7 heteroatoms. The lowest BCUT2D eigenvalue weighted by molar-refractivity contribution is 0.600. The van der Waals surface area contributed by atoms with Gasteiger partial charge in [-0.05, 0) is 36.4 Å². The summed E-state index contributed by atoms with van der Waals surface area (Å²) in [6, 6.07) is 6.21. The van der Waals surface area contributed by atoms with Gasteiger partial charge in [-0.25, -0.2) is 8.42 Å². The molecule has 0 aliphatic carbocycles. The molecule has 1 aromatic rings. The van der Waals surface area contributed by atoms with Gasteiger partial charge in [0, 0.05) is 5.02 Å². The van der Waals surface area contributed by atoms with Crippen LogP contribution in [0.4, 0.5) is 0 Å². The zero-order chi connectivity index (χ0) is 13.9. The van der Waals surface area contributed by atoms with Crippen LogP contribution in [0, 0.1) is 0 Å². The maximum atomic E-state index is 12.3. The highest BCUT2D eigenvalue weighted by Gasteiger charge is 2.23. The van der Waals surface area contributed by atoms with Crippen molar-refractivity contribution in [1.29, 1.82) is 0 Å². The summed E-state index contributed by atoms with van der Waals surface area (Å²) in [7, 11) is -3.98. The fourth-order valence-corrected chi connectivity index (χ4v) is 5.46. The second-order valence-electron chi connectivity index (χ2n) is 4.15. The first-order valence-electron chi connectivity index (χ1n) is 5.88. The van der Waals surface area contributed by atoms with Gasteiger partial charge in [0.15, 0.2) is 9.84 Å². The van der Waals surface area contributed by atoms with E-state index in [2.05, 4.69) is 17.1 Å². The summed E-state index contributed by atoms with van der Waals surface area (Å²) in [6.07, 6.45) is 0.998. The second kappa shape index (κ2) is 6.07. The molecule has 0 N–H and O–H groups in total. The Labute approximate surface area is 120 Å². The number of hydrogen-bond acceptors (Lipinski definition) is 4. The smallest absolute Gasteiger partial charge is 0.184 e. The second-order valence-corrected chi connectivity index (χ2v) is 8.71. The zero-order valence-corrected chi connectivity index (χ0v) is 12.9. The Bertz CT molecular complexity index is 609. The topological polar surface area (TPSA) is 58.9 Å². The van der Waals surface area contributed by atoms with Gasteiger partial charge in [0.2, 0.25) is 0 Å². The molecule has 19 heavy (non-hydrogen) atoms. The molecule has 1 heterocycles. The van der Waals surface area contributed by atoms with Gasteiger partial charge < -0.3 is 0 Å². The minimum Gasteiger partial charge on any atom is -0.223 e. The van der Waals surface area contributed by atoms with Crippen molar-refractivity contribution >= 4 is 42.9 Å². The van der Waals surface area contributed by atoms with E-state index in [1.807, 2.05) is 0 Å². The average molecular weight is 319 g/mol. The lowest BCUT2D eigenvalue weighted by Crippen LogP contribution is -2.16. The van der Waals surface area contributed by atoms with Crippen molar-refractivity contribution < 1.29 is 8.42 Å². The standard InChI is InChI=1S/C12H15ClN2O2S2/c1-2-7-18-9-14-15-12(18)8-19(16,17)11-5-3-10(13)4-6-11/h3-6,9,18H,2,7-8H2,1H3. The molecule has 0 saturated carbocycles. The summed E-state index contributed by atoms with van der Waals surface area (Å²) in [5.41, 5.74) is 1.78. The molecular weight excluding hydrogens is 304 g/mol. The molecule has 1 unspecified atom stereocenters. The molecule has 0 amide bonds. The quantitative estimate of drug-likeness (QED) is 0.849. The van der Waals surface area contributed by atoms with Crippen LogP contribution in [-0.2, 0) is 9.84 Å². The van der Waals surface area contributed by atoms with Crippen molar-refractivity contribution in [3.05, 3.63) is 29.3 Å². The number of benzene rings is 1. The molecular formula is C12H15ClN2O2S2. The van der Waals surface area contributed by atoms with Crippen molar-refractivity contribution in [3.63, 3.8) is 0 Å².